The number of unbranched alkanes of at least 4 members (excludes halogenated alkanes) is 10. The summed E-state index contributed by atoms with van der Waals surface area (Å²) in [6, 6.07) is 0. The van der Waals surface area contributed by atoms with Crippen LogP contribution >= 0.6 is 0 Å². The third-order valence-corrected chi connectivity index (χ3v) is 4.69. The summed E-state index contributed by atoms with van der Waals surface area (Å²) in [6.45, 7) is 4.28. The topological polar surface area (TPSA) is 40.5 Å². The van der Waals surface area contributed by atoms with Crippen LogP contribution in [-0.2, 0) is 0 Å². The largest absolute Gasteiger partial charge is 0.393 e. The maximum atomic E-state index is 9.90. The Balaban J connectivity index is 3.15. The zero-order valence-corrected chi connectivity index (χ0v) is 15.4. The van der Waals surface area contributed by atoms with Gasteiger partial charge in [0.15, 0.2) is 0 Å². The lowest BCUT2D eigenvalue weighted by Crippen LogP contribution is -2.09. The van der Waals surface area contributed by atoms with Crippen molar-refractivity contribution >= 4 is 0 Å². The van der Waals surface area contributed by atoms with Crippen LogP contribution in [0, 0.1) is 0 Å². The van der Waals surface area contributed by atoms with Gasteiger partial charge in [0.1, 0.15) is 0 Å². The summed E-state index contributed by atoms with van der Waals surface area (Å²) in [7, 11) is 0. The molecule has 0 amide bonds. The number of rotatable bonds is 17. The summed E-state index contributed by atoms with van der Waals surface area (Å²) in [6.07, 6.45) is 19.0. The van der Waals surface area contributed by atoms with Crippen molar-refractivity contribution in [1.29, 1.82) is 0 Å². The van der Waals surface area contributed by atoms with E-state index in [4.69, 9.17) is 0 Å². The van der Waals surface area contributed by atoms with Crippen molar-refractivity contribution in [3.63, 3.8) is 0 Å². The molecule has 0 saturated carbocycles. The first-order valence-electron chi connectivity index (χ1n) is 10.1. The summed E-state index contributed by atoms with van der Waals surface area (Å²) in [5.74, 6) is 0. The highest BCUT2D eigenvalue weighted by molar-refractivity contribution is 4.60. The SMILES string of the molecule is CCCCCCCCCCCCCC(O)CCCC(O)CC. The lowest BCUT2D eigenvalue weighted by molar-refractivity contribution is 0.125. The predicted octanol–water partition coefficient (Wildman–Crippen LogP) is 5.99. The maximum Gasteiger partial charge on any atom is 0.0540 e. The normalized spacial score (nSPS) is 14.2. The Hall–Kier alpha value is -0.0800. The van der Waals surface area contributed by atoms with Crippen molar-refractivity contribution in [2.24, 2.45) is 0 Å². The van der Waals surface area contributed by atoms with Gasteiger partial charge in [-0.2, -0.15) is 0 Å². The molecule has 0 aliphatic carbocycles. The van der Waals surface area contributed by atoms with E-state index in [1.54, 1.807) is 0 Å². The van der Waals surface area contributed by atoms with Crippen molar-refractivity contribution < 1.29 is 10.2 Å². The third kappa shape index (κ3) is 16.3. The molecule has 0 aliphatic rings. The molecule has 0 aromatic rings. The molecule has 0 heterocycles. The number of aliphatic hydroxyl groups is 2. The smallest absolute Gasteiger partial charge is 0.0540 e. The zero-order valence-electron chi connectivity index (χ0n) is 15.4. The first-order valence-corrected chi connectivity index (χ1v) is 10.1. The van der Waals surface area contributed by atoms with Gasteiger partial charge < -0.3 is 10.2 Å². The molecule has 134 valence electrons. The van der Waals surface area contributed by atoms with E-state index < -0.39 is 0 Å². The highest BCUT2D eigenvalue weighted by atomic mass is 16.3. The lowest BCUT2D eigenvalue weighted by atomic mass is 10.0. The Kier molecular flexibility index (Phi) is 17.2. The fourth-order valence-corrected chi connectivity index (χ4v) is 2.98. The van der Waals surface area contributed by atoms with Crippen LogP contribution in [-0.4, -0.2) is 22.4 Å². The number of hydrogen-bond acceptors (Lipinski definition) is 2. The van der Waals surface area contributed by atoms with Gasteiger partial charge in [-0.3, -0.25) is 0 Å². The Bertz CT molecular complexity index is 206. The second-order valence-corrected chi connectivity index (χ2v) is 6.97. The van der Waals surface area contributed by atoms with E-state index in [-0.39, 0.29) is 12.2 Å². The molecule has 2 nitrogen and oxygen atoms in total. The predicted molar refractivity (Wildman–Crippen MR) is 97.2 cm³/mol. The molecule has 2 atom stereocenters. The first-order chi connectivity index (χ1) is 10.7. The standard InChI is InChI=1S/C20H42O2/c1-3-5-6-7-8-9-10-11-12-13-14-16-20(22)18-15-17-19(21)4-2/h19-22H,3-18H2,1-2H3. The highest BCUT2D eigenvalue weighted by Gasteiger charge is 2.06. The summed E-state index contributed by atoms with van der Waals surface area (Å²) >= 11 is 0. The van der Waals surface area contributed by atoms with Crippen molar-refractivity contribution in [3.8, 4) is 0 Å². The second kappa shape index (κ2) is 17.3. The van der Waals surface area contributed by atoms with Gasteiger partial charge in [-0.25, -0.2) is 0 Å². The first kappa shape index (κ1) is 21.9. The van der Waals surface area contributed by atoms with E-state index in [0.29, 0.717) is 0 Å². The van der Waals surface area contributed by atoms with Crippen LogP contribution in [0.15, 0.2) is 0 Å². The van der Waals surface area contributed by atoms with Crippen LogP contribution in [0.2, 0.25) is 0 Å². The molecular weight excluding hydrogens is 272 g/mol. The average Bonchev–Trinajstić information content (AvgIpc) is 2.52. The molecule has 0 saturated heterocycles. The molecule has 0 bridgehead atoms. The molecule has 2 heteroatoms. The Morgan fingerprint density at radius 2 is 0.909 bits per heavy atom. The molecule has 0 radical (unpaired) electrons. The van der Waals surface area contributed by atoms with Gasteiger partial charge in [0.25, 0.3) is 0 Å². The van der Waals surface area contributed by atoms with Gasteiger partial charge >= 0.3 is 0 Å². The molecule has 2 unspecified atom stereocenters. The monoisotopic (exact) mass is 314 g/mol. The van der Waals surface area contributed by atoms with Crippen molar-refractivity contribution in [2.45, 2.75) is 129 Å². The van der Waals surface area contributed by atoms with Gasteiger partial charge in [-0.1, -0.05) is 84.5 Å². The van der Waals surface area contributed by atoms with Crippen LogP contribution < -0.4 is 0 Å². The molecule has 0 spiro atoms. The van der Waals surface area contributed by atoms with Gasteiger partial charge in [0.05, 0.1) is 12.2 Å². The average molecular weight is 315 g/mol. The zero-order chi connectivity index (χ0) is 16.5. The van der Waals surface area contributed by atoms with Gasteiger partial charge in [-0.15, -0.1) is 0 Å². The highest BCUT2D eigenvalue weighted by Crippen LogP contribution is 2.14. The van der Waals surface area contributed by atoms with Crippen LogP contribution in [0.3, 0.4) is 0 Å². The van der Waals surface area contributed by atoms with Gasteiger partial charge in [-0.05, 0) is 32.1 Å². The molecule has 0 rings (SSSR count). The summed E-state index contributed by atoms with van der Waals surface area (Å²) in [5.41, 5.74) is 0. The molecular formula is C20H42O2. The van der Waals surface area contributed by atoms with E-state index in [1.807, 2.05) is 6.92 Å². The molecule has 0 aromatic carbocycles. The van der Waals surface area contributed by atoms with Crippen molar-refractivity contribution in [2.75, 3.05) is 0 Å². The minimum atomic E-state index is -0.172. The maximum absolute atomic E-state index is 9.90. The third-order valence-electron chi connectivity index (χ3n) is 4.69. The van der Waals surface area contributed by atoms with E-state index in [2.05, 4.69) is 6.92 Å². The van der Waals surface area contributed by atoms with Crippen molar-refractivity contribution in [1.82, 2.24) is 0 Å². The van der Waals surface area contributed by atoms with E-state index in [9.17, 15) is 10.2 Å². The minimum Gasteiger partial charge on any atom is -0.393 e. The molecule has 2 N–H and O–H groups in total. The summed E-state index contributed by atoms with van der Waals surface area (Å²) in [4.78, 5) is 0. The van der Waals surface area contributed by atoms with Crippen LogP contribution in [0.4, 0.5) is 0 Å². The number of hydrogen-bond donors (Lipinski definition) is 2. The van der Waals surface area contributed by atoms with Gasteiger partial charge in [0.2, 0.25) is 0 Å². The lowest BCUT2D eigenvalue weighted by Gasteiger charge is -2.12. The van der Waals surface area contributed by atoms with Crippen LogP contribution in [0.1, 0.15) is 117 Å². The van der Waals surface area contributed by atoms with Crippen LogP contribution in [0.5, 0.6) is 0 Å². The van der Waals surface area contributed by atoms with E-state index >= 15 is 0 Å². The fourth-order valence-electron chi connectivity index (χ4n) is 2.98. The fraction of sp³-hybridized carbons (Fsp3) is 1.00. The molecule has 0 fully saturated rings. The number of aliphatic hydroxyl groups excluding tert-OH is 2. The van der Waals surface area contributed by atoms with E-state index in [0.717, 1.165) is 38.5 Å². The van der Waals surface area contributed by atoms with Crippen LogP contribution in [0.25, 0.3) is 0 Å². The molecule has 22 heavy (non-hydrogen) atoms. The Morgan fingerprint density at radius 1 is 0.500 bits per heavy atom. The van der Waals surface area contributed by atoms with E-state index in [1.165, 1.54) is 64.2 Å². The van der Waals surface area contributed by atoms with Crippen molar-refractivity contribution in [3.05, 3.63) is 0 Å². The second-order valence-electron chi connectivity index (χ2n) is 6.97. The Morgan fingerprint density at radius 3 is 1.41 bits per heavy atom. The Labute approximate surface area is 139 Å². The molecule has 0 aliphatic heterocycles. The minimum absolute atomic E-state index is 0.150. The molecule has 0 aromatic heterocycles. The van der Waals surface area contributed by atoms with Gasteiger partial charge in [0, 0.05) is 0 Å². The quantitative estimate of drug-likeness (QED) is 0.324. The summed E-state index contributed by atoms with van der Waals surface area (Å²) < 4.78 is 0. The summed E-state index contributed by atoms with van der Waals surface area (Å²) in [5, 5.41) is 19.4.